The first-order valence-corrected chi connectivity index (χ1v) is 9.86. The Morgan fingerprint density at radius 3 is 1.69 bits per heavy atom. The lowest BCUT2D eigenvalue weighted by Gasteiger charge is -2.38. The van der Waals surface area contributed by atoms with Gasteiger partial charge in [-0.2, -0.15) is 0 Å². The van der Waals surface area contributed by atoms with E-state index in [1.165, 1.54) is 0 Å². The molecule has 0 spiro atoms. The molecule has 29 heavy (non-hydrogen) atoms. The van der Waals surface area contributed by atoms with E-state index in [0.29, 0.717) is 17.7 Å². The predicted octanol–water partition coefficient (Wildman–Crippen LogP) is 0.950. The van der Waals surface area contributed by atoms with Gasteiger partial charge in [-0.05, 0) is 45.0 Å². The molecule has 0 bridgehead atoms. The van der Waals surface area contributed by atoms with Crippen molar-refractivity contribution in [2.45, 2.75) is 26.9 Å². The molecule has 2 rings (SSSR count). The van der Waals surface area contributed by atoms with E-state index < -0.39 is 18.0 Å². The Morgan fingerprint density at radius 2 is 1.24 bits per heavy atom. The number of benzene rings is 2. The summed E-state index contributed by atoms with van der Waals surface area (Å²) in [5.41, 5.74) is 0.974. The highest BCUT2D eigenvalue weighted by atomic mass is 35.5. The average Bonchev–Trinajstić information content (AvgIpc) is 2.76. The number of carbonyl (C=O) groups excluding carboxylic acids is 2. The normalized spacial score (nSPS) is 11.8. The largest absolute Gasteiger partial charge is 1.00 e. The summed E-state index contributed by atoms with van der Waals surface area (Å²) in [6, 6.07) is 17.7. The van der Waals surface area contributed by atoms with Crippen LogP contribution in [0.5, 0.6) is 0 Å². The molecule has 0 aliphatic rings. The molecule has 0 N–H and O–H groups in total. The number of likely N-dealkylation sites (N-methyl/N-ethyl adjacent to an activating group) is 1. The van der Waals surface area contributed by atoms with Gasteiger partial charge < -0.3 is 26.4 Å². The lowest BCUT2D eigenvalue weighted by atomic mass is 10.2. The molecule has 1 atom stereocenters. The van der Waals surface area contributed by atoms with Crippen LogP contribution < -0.4 is 12.4 Å². The maximum Gasteiger partial charge on any atom is 0.338 e. The zero-order valence-electron chi connectivity index (χ0n) is 17.3. The van der Waals surface area contributed by atoms with Gasteiger partial charge in [-0.15, -0.1) is 0 Å². The smallest absolute Gasteiger partial charge is 0.338 e. The van der Waals surface area contributed by atoms with Crippen molar-refractivity contribution < 1.29 is 36.0 Å². The second-order valence-corrected chi connectivity index (χ2v) is 6.83. The molecule has 2 aromatic carbocycles. The van der Waals surface area contributed by atoms with E-state index in [2.05, 4.69) is 20.8 Å². The maximum absolute atomic E-state index is 12.6. The molecule has 2 aromatic rings. The van der Waals surface area contributed by atoms with Gasteiger partial charge in [0, 0.05) is 0 Å². The van der Waals surface area contributed by atoms with Crippen LogP contribution in [0.1, 0.15) is 41.5 Å². The topological polar surface area (TPSA) is 52.6 Å². The molecule has 0 aromatic heterocycles. The molecular weight excluding hydrogens is 390 g/mol. The summed E-state index contributed by atoms with van der Waals surface area (Å²) in [6.07, 6.45) is -0.514. The second kappa shape index (κ2) is 12.2. The molecule has 0 aliphatic carbocycles. The molecule has 1 unspecified atom stereocenters. The third-order valence-corrected chi connectivity index (χ3v) is 5.30. The molecule has 158 valence electrons. The fraction of sp³-hybridized carbons (Fsp3) is 0.391. The van der Waals surface area contributed by atoms with Crippen LogP contribution in [0.2, 0.25) is 0 Å². The van der Waals surface area contributed by atoms with E-state index in [4.69, 9.17) is 9.47 Å². The quantitative estimate of drug-likeness (QED) is 0.425. The van der Waals surface area contributed by atoms with Gasteiger partial charge >= 0.3 is 11.9 Å². The van der Waals surface area contributed by atoms with Crippen LogP contribution in [0.15, 0.2) is 60.7 Å². The number of quaternary nitrogens is 1. The molecule has 6 heteroatoms. The van der Waals surface area contributed by atoms with Crippen LogP contribution in [0.3, 0.4) is 0 Å². The van der Waals surface area contributed by atoms with E-state index in [-0.39, 0.29) is 19.0 Å². The summed E-state index contributed by atoms with van der Waals surface area (Å²) in [6.45, 7) is 9.75. The third-order valence-electron chi connectivity index (χ3n) is 5.30. The zero-order valence-corrected chi connectivity index (χ0v) is 18.1. The Labute approximate surface area is 179 Å². The highest BCUT2D eigenvalue weighted by Crippen LogP contribution is 2.13. The van der Waals surface area contributed by atoms with Gasteiger partial charge in [0.05, 0.1) is 30.8 Å². The number of ether oxygens (including phenoxy) is 2. The molecule has 0 saturated heterocycles. The van der Waals surface area contributed by atoms with E-state index in [1.54, 1.807) is 48.5 Å². The van der Waals surface area contributed by atoms with E-state index >= 15 is 0 Å². The van der Waals surface area contributed by atoms with Crippen molar-refractivity contribution >= 4 is 11.9 Å². The SMILES string of the molecule is CC[N+](CC)(CC)CC(COC(=O)c1ccccc1)OC(=O)c1ccccc1.[Cl-]. The van der Waals surface area contributed by atoms with Crippen molar-refractivity contribution in [3.05, 3.63) is 71.8 Å². The highest BCUT2D eigenvalue weighted by molar-refractivity contribution is 5.90. The van der Waals surface area contributed by atoms with Crippen LogP contribution in [0.25, 0.3) is 0 Å². The lowest BCUT2D eigenvalue weighted by Crippen LogP contribution is -3.00. The Kier molecular flexibility index (Phi) is 10.4. The molecule has 0 fully saturated rings. The first kappa shape index (κ1) is 24.7. The third kappa shape index (κ3) is 7.18. The van der Waals surface area contributed by atoms with Crippen molar-refractivity contribution in [2.75, 3.05) is 32.8 Å². The summed E-state index contributed by atoms with van der Waals surface area (Å²) in [5.74, 6) is -0.813. The van der Waals surface area contributed by atoms with Gasteiger partial charge in [0.25, 0.3) is 0 Å². The summed E-state index contributed by atoms with van der Waals surface area (Å²) in [5, 5.41) is 0. The summed E-state index contributed by atoms with van der Waals surface area (Å²) in [4.78, 5) is 24.9. The number of halogens is 1. The van der Waals surface area contributed by atoms with Gasteiger partial charge in [-0.25, -0.2) is 9.59 Å². The molecular formula is C23H30ClNO4. The fourth-order valence-electron chi connectivity index (χ4n) is 3.23. The minimum absolute atomic E-state index is 0. The van der Waals surface area contributed by atoms with Crippen molar-refractivity contribution in [1.82, 2.24) is 0 Å². The standard InChI is InChI=1S/C23H30NO4.ClH/c1-4-24(5-2,6-3)17-21(28-23(26)20-15-11-8-12-16-20)18-27-22(25)19-13-9-7-10-14-19;/h7-16,21H,4-6,17-18H2,1-3H3;1H/q+1;/p-1. The fourth-order valence-corrected chi connectivity index (χ4v) is 3.23. The van der Waals surface area contributed by atoms with Gasteiger partial charge in [-0.3, -0.25) is 0 Å². The second-order valence-electron chi connectivity index (χ2n) is 6.83. The molecule has 0 heterocycles. The van der Waals surface area contributed by atoms with Crippen LogP contribution in [0, 0.1) is 0 Å². The number of carbonyl (C=O) groups is 2. The Morgan fingerprint density at radius 1 is 0.793 bits per heavy atom. The number of hydrogen-bond donors (Lipinski definition) is 0. The first-order chi connectivity index (χ1) is 13.5. The first-order valence-electron chi connectivity index (χ1n) is 9.86. The number of hydrogen-bond acceptors (Lipinski definition) is 4. The van der Waals surface area contributed by atoms with Crippen molar-refractivity contribution in [1.29, 1.82) is 0 Å². The summed E-state index contributed by atoms with van der Waals surface area (Å²) < 4.78 is 12.0. The maximum atomic E-state index is 12.6. The number of rotatable bonds is 10. The molecule has 0 aliphatic heterocycles. The molecule has 0 radical (unpaired) electrons. The van der Waals surface area contributed by atoms with Gasteiger partial charge in [0.15, 0.2) is 6.10 Å². The van der Waals surface area contributed by atoms with Crippen LogP contribution >= 0.6 is 0 Å². The Balaban J connectivity index is 0.00000420. The van der Waals surface area contributed by atoms with Gasteiger partial charge in [-0.1, -0.05) is 36.4 Å². The Bertz CT molecular complexity index is 740. The van der Waals surface area contributed by atoms with E-state index in [9.17, 15) is 9.59 Å². The van der Waals surface area contributed by atoms with Crippen LogP contribution in [0.4, 0.5) is 0 Å². The van der Waals surface area contributed by atoms with Crippen molar-refractivity contribution in [3.8, 4) is 0 Å². The van der Waals surface area contributed by atoms with Crippen molar-refractivity contribution in [2.24, 2.45) is 0 Å². The van der Waals surface area contributed by atoms with E-state index in [0.717, 1.165) is 24.1 Å². The molecule has 5 nitrogen and oxygen atoms in total. The van der Waals surface area contributed by atoms with Crippen molar-refractivity contribution in [3.63, 3.8) is 0 Å². The summed E-state index contributed by atoms with van der Waals surface area (Å²) in [7, 11) is 0. The highest BCUT2D eigenvalue weighted by Gasteiger charge is 2.30. The number of nitrogens with zero attached hydrogens (tertiary/aromatic N) is 1. The lowest BCUT2D eigenvalue weighted by molar-refractivity contribution is -0.925. The van der Waals surface area contributed by atoms with Crippen LogP contribution in [-0.2, 0) is 9.47 Å². The van der Waals surface area contributed by atoms with E-state index in [1.807, 2.05) is 12.1 Å². The average molecular weight is 420 g/mol. The minimum atomic E-state index is -0.514. The zero-order chi connectivity index (χ0) is 20.4. The summed E-state index contributed by atoms with van der Waals surface area (Å²) >= 11 is 0. The molecule has 0 saturated carbocycles. The minimum Gasteiger partial charge on any atom is -1.00 e. The van der Waals surface area contributed by atoms with Crippen LogP contribution in [-0.4, -0.2) is 55.3 Å². The predicted molar refractivity (Wildman–Crippen MR) is 109 cm³/mol. The monoisotopic (exact) mass is 419 g/mol. The Hall–Kier alpha value is -2.37. The number of esters is 2. The molecule has 0 amide bonds. The van der Waals surface area contributed by atoms with Gasteiger partial charge in [0.2, 0.25) is 0 Å². The van der Waals surface area contributed by atoms with Gasteiger partial charge in [0.1, 0.15) is 13.2 Å².